The maximum Gasteiger partial charge on any atom is 0.199 e. The Morgan fingerprint density at radius 3 is 2.81 bits per heavy atom. The Balaban J connectivity index is 2.69. The monoisotopic (exact) mass is 223 g/mol. The zero-order valence-corrected chi connectivity index (χ0v) is 10.3. The van der Waals surface area contributed by atoms with Crippen LogP contribution in [0.1, 0.15) is 44.2 Å². The first-order valence-electron chi connectivity index (χ1n) is 5.86. The number of hydrogen-bond donors (Lipinski definition) is 1. The van der Waals surface area contributed by atoms with Crippen molar-refractivity contribution in [1.29, 1.82) is 0 Å². The highest BCUT2D eigenvalue weighted by atomic mass is 16.1. The molecule has 0 fully saturated rings. The minimum atomic E-state index is -0.0840. The van der Waals surface area contributed by atoms with E-state index in [1.807, 2.05) is 24.6 Å². The van der Waals surface area contributed by atoms with Crippen LogP contribution in [-0.2, 0) is 6.54 Å². The van der Waals surface area contributed by atoms with Crippen molar-refractivity contribution in [3.63, 3.8) is 0 Å². The molecule has 0 amide bonds. The van der Waals surface area contributed by atoms with E-state index in [-0.39, 0.29) is 11.8 Å². The zero-order chi connectivity index (χ0) is 12.1. The molecule has 2 N–H and O–H groups in total. The highest BCUT2D eigenvalue weighted by Crippen LogP contribution is 2.09. The van der Waals surface area contributed by atoms with Crippen molar-refractivity contribution in [3.05, 3.63) is 18.2 Å². The summed E-state index contributed by atoms with van der Waals surface area (Å²) in [5, 5.41) is 0. The fraction of sp³-hybridized carbons (Fsp3) is 0.667. The van der Waals surface area contributed by atoms with Gasteiger partial charge in [-0.15, -0.1) is 0 Å². The zero-order valence-electron chi connectivity index (χ0n) is 10.3. The molecular formula is C12H21N3O. The maximum atomic E-state index is 12.0. The molecule has 1 rings (SSSR count). The largest absolute Gasteiger partial charge is 0.329 e. The summed E-state index contributed by atoms with van der Waals surface area (Å²) < 4.78 is 1.90. The summed E-state index contributed by atoms with van der Waals surface area (Å²) in [5.74, 6) is 0.899. The number of imidazole rings is 1. The van der Waals surface area contributed by atoms with Crippen LogP contribution in [0.3, 0.4) is 0 Å². The van der Waals surface area contributed by atoms with E-state index in [4.69, 9.17) is 5.73 Å². The fourth-order valence-electron chi connectivity index (χ4n) is 1.52. The summed E-state index contributed by atoms with van der Waals surface area (Å²) in [6.07, 6.45) is 4.88. The van der Waals surface area contributed by atoms with Crippen molar-refractivity contribution >= 4 is 5.78 Å². The molecule has 1 aromatic heterocycles. The number of hydrogen-bond acceptors (Lipinski definition) is 3. The summed E-state index contributed by atoms with van der Waals surface area (Å²) >= 11 is 0. The summed E-state index contributed by atoms with van der Waals surface area (Å²) in [4.78, 5) is 16.1. The van der Waals surface area contributed by atoms with Crippen LogP contribution in [0.2, 0.25) is 0 Å². The van der Waals surface area contributed by atoms with Gasteiger partial charge >= 0.3 is 0 Å². The Bertz CT molecular complexity index is 344. The predicted molar refractivity (Wildman–Crippen MR) is 64.3 cm³/mol. The van der Waals surface area contributed by atoms with Gasteiger partial charge in [0.2, 0.25) is 0 Å². The lowest BCUT2D eigenvalue weighted by atomic mass is 9.99. The summed E-state index contributed by atoms with van der Waals surface area (Å²) in [6.45, 7) is 6.96. The topological polar surface area (TPSA) is 60.9 Å². The highest BCUT2D eigenvalue weighted by Gasteiger charge is 2.18. The van der Waals surface area contributed by atoms with Gasteiger partial charge in [0.1, 0.15) is 0 Å². The number of rotatable bonds is 6. The molecule has 1 aromatic rings. The molecule has 0 radical (unpaired) electrons. The van der Waals surface area contributed by atoms with E-state index >= 15 is 0 Å². The van der Waals surface area contributed by atoms with Gasteiger partial charge in [-0.05, 0) is 12.3 Å². The average Bonchev–Trinajstić information content (AvgIpc) is 2.66. The molecule has 0 aliphatic carbocycles. The minimum absolute atomic E-state index is 0.0413. The molecule has 0 saturated carbocycles. The van der Waals surface area contributed by atoms with E-state index in [0.29, 0.717) is 18.2 Å². The van der Waals surface area contributed by atoms with Crippen molar-refractivity contribution in [2.24, 2.45) is 11.7 Å². The molecular weight excluding hydrogens is 202 g/mol. The Morgan fingerprint density at radius 2 is 2.25 bits per heavy atom. The number of nitrogens with zero attached hydrogens (tertiary/aromatic N) is 2. The van der Waals surface area contributed by atoms with Gasteiger partial charge in [-0.1, -0.05) is 20.8 Å². The van der Waals surface area contributed by atoms with Crippen LogP contribution < -0.4 is 5.73 Å². The van der Waals surface area contributed by atoms with Crippen LogP contribution in [-0.4, -0.2) is 21.4 Å². The molecule has 0 aliphatic rings. The second kappa shape index (κ2) is 5.80. The number of nitrogens with two attached hydrogens (primary N) is 1. The van der Waals surface area contributed by atoms with Crippen molar-refractivity contribution in [3.8, 4) is 0 Å². The Kier molecular flexibility index (Phi) is 4.68. The third kappa shape index (κ3) is 3.17. The van der Waals surface area contributed by atoms with Crippen molar-refractivity contribution in [2.45, 2.75) is 46.2 Å². The first-order chi connectivity index (χ1) is 7.56. The molecule has 1 heterocycles. The molecule has 90 valence electrons. The molecule has 1 unspecified atom stereocenters. The van der Waals surface area contributed by atoms with Crippen LogP contribution in [0.25, 0.3) is 0 Å². The number of aromatic nitrogens is 2. The van der Waals surface area contributed by atoms with Gasteiger partial charge in [0, 0.05) is 31.4 Å². The van der Waals surface area contributed by atoms with E-state index in [1.165, 1.54) is 0 Å². The first-order valence-corrected chi connectivity index (χ1v) is 5.86. The molecule has 4 heteroatoms. The van der Waals surface area contributed by atoms with Gasteiger partial charge in [0.25, 0.3) is 0 Å². The van der Waals surface area contributed by atoms with E-state index in [1.54, 1.807) is 6.20 Å². The van der Waals surface area contributed by atoms with Gasteiger partial charge < -0.3 is 10.3 Å². The fourth-order valence-corrected chi connectivity index (χ4v) is 1.52. The molecule has 4 nitrogen and oxygen atoms in total. The second-order valence-corrected chi connectivity index (χ2v) is 4.48. The lowest BCUT2D eigenvalue weighted by molar-refractivity contribution is 0.0953. The van der Waals surface area contributed by atoms with E-state index < -0.39 is 0 Å². The number of aryl methyl sites for hydroxylation is 1. The van der Waals surface area contributed by atoms with E-state index in [9.17, 15) is 4.79 Å². The lowest BCUT2D eigenvalue weighted by Gasteiger charge is -2.14. The standard InChI is InChI=1S/C12H21N3O/c1-4-6-15-7-5-14-12(15)11(16)8-10(13)9(2)3/h5,7,9-10H,4,6,8,13H2,1-3H3. The Hall–Kier alpha value is -1.16. The van der Waals surface area contributed by atoms with Crippen LogP contribution in [0.4, 0.5) is 0 Å². The number of carbonyl (C=O) groups is 1. The van der Waals surface area contributed by atoms with Crippen LogP contribution in [0.15, 0.2) is 12.4 Å². The summed E-state index contributed by atoms with van der Waals surface area (Å²) in [7, 11) is 0. The van der Waals surface area contributed by atoms with Gasteiger partial charge in [0.15, 0.2) is 11.6 Å². The molecule has 0 aliphatic heterocycles. The Morgan fingerprint density at radius 1 is 1.56 bits per heavy atom. The van der Waals surface area contributed by atoms with Gasteiger partial charge in [-0.3, -0.25) is 4.79 Å². The quantitative estimate of drug-likeness (QED) is 0.749. The van der Waals surface area contributed by atoms with Crippen LogP contribution in [0.5, 0.6) is 0 Å². The number of Topliss-reactive ketones (excluding diaryl/α,β-unsaturated/α-hetero) is 1. The van der Waals surface area contributed by atoms with Gasteiger partial charge in [0.05, 0.1) is 0 Å². The second-order valence-electron chi connectivity index (χ2n) is 4.48. The molecule has 16 heavy (non-hydrogen) atoms. The normalized spacial score (nSPS) is 13.1. The van der Waals surface area contributed by atoms with Crippen molar-refractivity contribution < 1.29 is 4.79 Å². The molecule has 0 aromatic carbocycles. The first kappa shape index (κ1) is 12.9. The Labute approximate surface area is 96.9 Å². The number of carbonyl (C=O) groups excluding carboxylic acids is 1. The van der Waals surface area contributed by atoms with Crippen LogP contribution in [0, 0.1) is 5.92 Å². The van der Waals surface area contributed by atoms with E-state index in [0.717, 1.165) is 13.0 Å². The number of ketones is 1. The van der Waals surface area contributed by atoms with Gasteiger partial charge in [-0.2, -0.15) is 0 Å². The summed E-state index contributed by atoms with van der Waals surface area (Å²) in [6, 6.07) is -0.0840. The predicted octanol–water partition coefficient (Wildman–Crippen LogP) is 1.85. The summed E-state index contributed by atoms with van der Waals surface area (Å²) in [5.41, 5.74) is 5.89. The SMILES string of the molecule is CCCn1ccnc1C(=O)CC(N)C(C)C. The van der Waals surface area contributed by atoms with E-state index in [2.05, 4.69) is 11.9 Å². The third-order valence-electron chi connectivity index (χ3n) is 2.71. The van der Waals surface area contributed by atoms with Gasteiger partial charge in [-0.25, -0.2) is 4.98 Å². The smallest absolute Gasteiger partial charge is 0.199 e. The van der Waals surface area contributed by atoms with Crippen molar-refractivity contribution in [2.75, 3.05) is 0 Å². The van der Waals surface area contributed by atoms with Crippen LogP contribution >= 0.6 is 0 Å². The molecule has 0 saturated heterocycles. The highest BCUT2D eigenvalue weighted by molar-refractivity contribution is 5.93. The lowest BCUT2D eigenvalue weighted by Crippen LogP contribution is -2.30. The molecule has 1 atom stereocenters. The van der Waals surface area contributed by atoms with Crippen molar-refractivity contribution in [1.82, 2.24) is 9.55 Å². The third-order valence-corrected chi connectivity index (χ3v) is 2.71. The molecule has 0 spiro atoms. The minimum Gasteiger partial charge on any atom is -0.329 e. The maximum absolute atomic E-state index is 12.0. The molecule has 0 bridgehead atoms. The average molecular weight is 223 g/mol.